The third kappa shape index (κ3) is 3.13. The van der Waals surface area contributed by atoms with Gasteiger partial charge in [0.15, 0.2) is 15.6 Å². The highest BCUT2D eigenvalue weighted by Gasteiger charge is 2.58. The molecule has 0 aliphatic heterocycles. The Kier molecular flexibility index (Phi) is 4.83. The molecule has 3 atom stereocenters. The van der Waals surface area contributed by atoms with Crippen LogP contribution in [-0.2, 0) is 19.4 Å². The van der Waals surface area contributed by atoms with Crippen molar-refractivity contribution >= 4 is 21.9 Å². The Morgan fingerprint density at radius 3 is 2.81 bits per heavy atom. The summed E-state index contributed by atoms with van der Waals surface area (Å²) in [5, 5.41) is 11.4. The van der Waals surface area contributed by atoms with E-state index < -0.39 is 26.8 Å². The van der Waals surface area contributed by atoms with Crippen molar-refractivity contribution in [1.29, 1.82) is 0 Å². The Morgan fingerprint density at radius 2 is 2.19 bits per heavy atom. The number of allylic oxidation sites excluding steroid dienone is 1. The van der Waals surface area contributed by atoms with E-state index in [2.05, 4.69) is 16.8 Å². The predicted octanol–water partition coefficient (Wildman–Crippen LogP) is 1.47. The van der Waals surface area contributed by atoms with Crippen LogP contribution in [-0.4, -0.2) is 42.4 Å². The normalized spacial score (nSPS) is 30.1. The molecular formula is C20H21NO5S. The van der Waals surface area contributed by atoms with Gasteiger partial charge in [0.05, 0.1) is 5.92 Å². The number of rotatable bonds is 3. The van der Waals surface area contributed by atoms with Crippen molar-refractivity contribution < 1.29 is 23.1 Å². The smallest absolute Gasteiger partial charge is 0.178 e. The first-order chi connectivity index (χ1) is 12.7. The van der Waals surface area contributed by atoms with E-state index >= 15 is 0 Å². The number of aldehydes is 1. The number of ketones is 1. The summed E-state index contributed by atoms with van der Waals surface area (Å²) in [4.78, 5) is 27.4. The highest BCUT2D eigenvalue weighted by molar-refractivity contribution is 7.90. The van der Waals surface area contributed by atoms with Gasteiger partial charge in [0, 0.05) is 17.9 Å². The van der Waals surface area contributed by atoms with Gasteiger partial charge in [-0.25, -0.2) is 13.4 Å². The maximum absolute atomic E-state index is 12.1. The van der Waals surface area contributed by atoms with E-state index in [1.165, 1.54) is 24.4 Å². The molecule has 0 saturated heterocycles. The van der Waals surface area contributed by atoms with Crippen LogP contribution in [0.1, 0.15) is 38.3 Å². The Hall–Kier alpha value is -2.30. The van der Waals surface area contributed by atoms with Gasteiger partial charge in [-0.15, -0.1) is 0 Å². The number of aliphatic hydroxyl groups is 1. The quantitative estimate of drug-likeness (QED) is 0.479. The lowest BCUT2D eigenvalue weighted by Crippen LogP contribution is -2.47. The van der Waals surface area contributed by atoms with E-state index in [1.54, 1.807) is 0 Å². The van der Waals surface area contributed by atoms with Crippen molar-refractivity contribution in [3.05, 3.63) is 35.7 Å². The van der Waals surface area contributed by atoms with Crippen molar-refractivity contribution in [2.24, 2.45) is 11.3 Å². The van der Waals surface area contributed by atoms with Gasteiger partial charge in [0.25, 0.3) is 0 Å². The third-order valence-corrected chi connectivity index (χ3v) is 6.87. The zero-order valence-electron chi connectivity index (χ0n) is 15.2. The zero-order chi connectivity index (χ0) is 19.9. The first-order valence-corrected chi connectivity index (χ1v) is 10.7. The lowest BCUT2D eigenvalue weighted by atomic mass is 9.62. The first kappa shape index (κ1) is 19.5. The van der Waals surface area contributed by atoms with Crippen molar-refractivity contribution in [2.75, 3.05) is 6.26 Å². The SMILES string of the molecule is CC[C@]12CC(C=O)C(=O)C=C1CC[C@@]2(O)C#Cc1ncccc1S(C)(=O)=O. The van der Waals surface area contributed by atoms with Gasteiger partial charge in [-0.3, -0.25) is 4.79 Å². The molecule has 1 N–H and O–H groups in total. The molecule has 7 heteroatoms. The van der Waals surface area contributed by atoms with Gasteiger partial charge in [0.1, 0.15) is 22.5 Å². The fourth-order valence-electron chi connectivity index (χ4n) is 4.23. The molecule has 6 nitrogen and oxygen atoms in total. The molecule has 27 heavy (non-hydrogen) atoms. The summed E-state index contributed by atoms with van der Waals surface area (Å²) in [6.45, 7) is 1.90. The molecule has 2 aliphatic rings. The third-order valence-electron chi connectivity index (χ3n) is 5.74. The molecule has 1 fully saturated rings. The average Bonchev–Trinajstić information content (AvgIpc) is 2.91. The van der Waals surface area contributed by atoms with Crippen molar-refractivity contribution in [3.8, 4) is 11.8 Å². The summed E-state index contributed by atoms with van der Waals surface area (Å²) in [6, 6.07) is 2.94. The van der Waals surface area contributed by atoms with Gasteiger partial charge in [-0.05, 0) is 49.8 Å². The fourth-order valence-corrected chi connectivity index (χ4v) is 5.01. The average molecular weight is 387 g/mol. The second-order valence-electron chi connectivity index (χ2n) is 7.19. The lowest BCUT2D eigenvalue weighted by molar-refractivity contribution is -0.127. The number of hydrogen-bond donors (Lipinski definition) is 1. The molecular weight excluding hydrogens is 366 g/mol. The molecule has 1 heterocycles. The van der Waals surface area contributed by atoms with E-state index in [1.807, 2.05) is 6.92 Å². The van der Waals surface area contributed by atoms with E-state index in [0.717, 1.165) is 11.8 Å². The van der Waals surface area contributed by atoms with Crippen LogP contribution in [0.4, 0.5) is 0 Å². The molecule has 1 aromatic heterocycles. The Morgan fingerprint density at radius 1 is 1.44 bits per heavy atom. The highest BCUT2D eigenvalue weighted by Crippen LogP contribution is 2.57. The molecule has 1 aromatic rings. The van der Waals surface area contributed by atoms with Crippen molar-refractivity contribution in [1.82, 2.24) is 4.98 Å². The number of hydrogen-bond acceptors (Lipinski definition) is 6. The molecule has 1 saturated carbocycles. The Bertz CT molecular complexity index is 1000. The van der Waals surface area contributed by atoms with E-state index in [4.69, 9.17) is 0 Å². The highest BCUT2D eigenvalue weighted by atomic mass is 32.2. The zero-order valence-corrected chi connectivity index (χ0v) is 16.0. The molecule has 1 unspecified atom stereocenters. The molecule has 0 aromatic carbocycles. The number of pyridine rings is 1. The molecule has 0 spiro atoms. The van der Waals surface area contributed by atoms with Gasteiger partial charge >= 0.3 is 0 Å². The Labute approximate surface area is 158 Å². The molecule has 0 radical (unpaired) electrons. The van der Waals surface area contributed by atoms with E-state index in [-0.39, 0.29) is 22.8 Å². The molecule has 2 aliphatic carbocycles. The number of fused-ring (bicyclic) bond motifs is 1. The number of nitrogens with zero attached hydrogens (tertiary/aromatic N) is 1. The maximum Gasteiger partial charge on any atom is 0.178 e. The summed E-state index contributed by atoms with van der Waals surface area (Å²) in [7, 11) is -3.51. The van der Waals surface area contributed by atoms with Crippen molar-refractivity contribution in [2.45, 2.75) is 43.1 Å². The predicted molar refractivity (Wildman–Crippen MR) is 98.4 cm³/mol. The Balaban J connectivity index is 2.10. The van der Waals surface area contributed by atoms with Crippen LogP contribution in [0.25, 0.3) is 0 Å². The number of carbonyl (C=O) groups excluding carboxylic acids is 2. The van der Waals surface area contributed by atoms with Crippen LogP contribution in [0.15, 0.2) is 34.9 Å². The first-order valence-electron chi connectivity index (χ1n) is 8.78. The van der Waals surface area contributed by atoms with E-state index in [9.17, 15) is 23.1 Å². The molecule has 3 rings (SSSR count). The fraction of sp³-hybridized carbons (Fsp3) is 0.450. The number of sulfone groups is 1. The van der Waals surface area contributed by atoms with Crippen LogP contribution >= 0.6 is 0 Å². The second kappa shape index (κ2) is 6.70. The van der Waals surface area contributed by atoms with Gasteiger partial charge in [-0.2, -0.15) is 0 Å². The minimum Gasteiger partial charge on any atom is -0.377 e. The van der Waals surface area contributed by atoms with Crippen LogP contribution in [0.3, 0.4) is 0 Å². The minimum atomic E-state index is -3.51. The van der Waals surface area contributed by atoms with Crippen LogP contribution in [0.5, 0.6) is 0 Å². The summed E-state index contributed by atoms with van der Waals surface area (Å²) in [6.07, 6.45) is 6.19. The summed E-state index contributed by atoms with van der Waals surface area (Å²) in [5.41, 5.74) is -1.35. The maximum atomic E-state index is 12.1. The molecule has 0 bridgehead atoms. The van der Waals surface area contributed by atoms with Crippen LogP contribution in [0, 0.1) is 23.2 Å². The standard InChI is InChI=1S/C20H21NO5S/c1-3-19-12-14(13-22)17(23)11-15(19)6-8-20(19,24)9-7-16-18(27(2,25)26)5-4-10-21-16/h4-5,10-11,13-14,24H,3,6,8,12H2,1-2H3/t14?,19-,20+/m0/s1. The van der Waals surface area contributed by atoms with Gasteiger partial charge in [0.2, 0.25) is 0 Å². The van der Waals surface area contributed by atoms with Crippen LogP contribution in [0.2, 0.25) is 0 Å². The topological polar surface area (TPSA) is 101 Å². The summed E-state index contributed by atoms with van der Waals surface area (Å²) < 4.78 is 23.9. The van der Waals surface area contributed by atoms with Gasteiger partial charge < -0.3 is 9.90 Å². The second-order valence-corrected chi connectivity index (χ2v) is 9.17. The molecule has 0 amide bonds. The largest absolute Gasteiger partial charge is 0.377 e. The van der Waals surface area contributed by atoms with Gasteiger partial charge in [-0.1, -0.05) is 18.4 Å². The molecule has 142 valence electrons. The summed E-state index contributed by atoms with van der Waals surface area (Å²) in [5.74, 6) is 4.57. The minimum absolute atomic E-state index is 0.00463. The number of carbonyl (C=O) groups is 2. The van der Waals surface area contributed by atoms with Crippen molar-refractivity contribution in [3.63, 3.8) is 0 Å². The van der Waals surface area contributed by atoms with E-state index in [0.29, 0.717) is 25.5 Å². The monoisotopic (exact) mass is 387 g/mol. The summed E-state index contributed by atoms with van der Waals surface area (Å²) >= 11 is 0. The van der Waals surface area contributed by atoms with Crippen LogP contribution < -0.4 is 0 Å². The number of aromatic nitrogens is 1. The lowest BCUT2D eigenvalue weighted by Gasteiger charge is -2.42.